The number of nitrogens with one attached hydrogen (secondary N) is 2. The number of carboxylic acid groups (broad SMARTS) is 1. The van der Waals surface area contributed by atoms with E-state index in [1.165, 1.54) is 7.11 Å². The zero-order valence-electron chi connectivity index (χ0n) is 11.6. The molecule has 0 aromatic carbocycles. The Bertz CT molecular complexity index is 309. The highest BCUT2D eigenvalue weighted by Crippen LogP contribution is 2.19. The molecule has 0 bridgehead atoms. The SMILES string of the molecule is CCC1CCNC(C(=O)NC(CCOC)C(=O)O)C1. The molecule has 1 amide bonds. The minimum Gasteiger partial charge on any atom is -0.480 e. The van der Waals surface area contributed by atoms with E-state index in [1.54, 1.807) is 0 Å². The Morgan fingerprint density at radius 3 is 2.84 bits per heavy atom. The normalized spacial score (nSPS) is 24.7. The van der Waals surface area contributed by atoms with Crippen molar-refractivity contribution in [3.8, 4) is 0 Å². The van der Waals surface area contributed by atoms with Crippen LogP contribution in [-0.2, 0) is 14.3 Å². The Morgan fingerprint density at radius 1 is 1.53 bits per heavy atom. The number of hydrogen-bond donors (Lipinski definition) is 3. The van der Waals surface area contributed by atoms with Crippen LogP contribution in [0, 0.1) is 5.92 Å². The van der Waals surface area contributed by atoms with Crippen LogP contribution in [0.4, 0.5) is 0 Å². The van der Waals surface area contributed by atoms with Crippen molar-refractivity contribution in [2.24, 2.45) is 5.92 Å². The maximum absolute atomic E-state index is 12.1. The van der Waals surface area contributed by atoms with Crippen molar-refractivity contribution >= 4 is 11.9 Å². The van der Waals surface area contributed by atoms with Gasteiger partial charge in [-0.2, -0.15) is 0 Å². The number of carbonyl (C=O) groups excluding carboxylic acids is 1. The Hall–Kier alpha value is -1.14. The molecule has 0 aromatic rings. The maximum Gasteiger partial charge on any atom is 0.326 e. The highest BCUT2D eigenvalue weighted by molar-refractivity contribution is 5.87. The predicted molar refractivity (Wildman–Crippen MR) is 70.9 cm³/mol. The highest BCUT2D eigenvalue weighted by atomic mass is 16.5. The largest absolute Gasteiger partial charge is 0.480 e. The molecule has 0 radical (unpaired) electrons. The summed E-state index contributed by atoms with van der Waals surface area (Å²) in [6, 6.07) is -1.15. The van der Waals surface area contributed by atoms with Crippen molar-refractivity contribution in [3.05, 3.63) is 0 Å². The van der Waals surface area contributed by atoms with Crippen molar-refractivity contribution < 1.29 is 19.4 Å². The molecular formula is C13H24N2O4. The van der Waals surface area contributed by atoms with Gasteiger partial charge in [-0.15, -0.1) is 0 Å². The Balaban J connectivity index is 2.48. The van der Waals surface area contributed by atoms with Gasteiger partial charge in [0.1, 0.15) is 6.04 Å². The second kappa shape index (κ2) is 8.12. The van der Waals surface area contributed by atoms with E-state index < -0.39 is 12.0 Å². The van der Waals surface area contributed by atoms with Gasteiger partial charge in [-0.05, 0) is 25.3 Å². The summed E-state index contributed by atoms with van der Waals surface area (Å²) in [4.78, 5) is 23.1. The summed E-state index contributed by atoms with van der Waals surface area (Å²) in [7, 11) is 1.51. The molecule has 6 nitrogen and oxygen atoms in total. The van der Waals surface area contributed by atoms with Gasteiger partial charge in [-0.1, -0.05) is 13.3 Å². The molecule has 0 spiro atoms. The molecule has 110 valence electrons. The number of hydrogen-bond acceptors (Lipinski definition) is 4. The molecule has 1 aliphatic rings. The van der Waals surface area contributed by atoms with E-state index in [9.17, 15) is 9.59 Å². The fourth-order valence-electron chi connectivity index (χ4n) is 2.33. The van der Waals surface area contributed by atoms with Gasteiger partial charge in [0.2, 0.25) is 5.91 Å². The predicted octanol–water partition coefficient (Wildman–Crippen LogP) is 0.371. The van der Waals surface area contributed by atoms with Crippen molar-refractivity contribution in [1.82, 2.24) is 10.6 Å². The molecule has 1 fully saturated rings. The average molecular weight is 272 g/mol. The van der Waals surface area contributed by atoms with Crippen LogP contribution in [0.25, 0.3) is 0 Å². The Labute approximate surface area is 113 Å². The average Bonchev–Trinajstić information content (AvgIpc) is 2.42. The van der Waals surface area contributed by atoms with E-state index in [4.69, 9.17) is 9.84 Å². The summed E-state index contributed by atoms with van der Waals surface area (Å²) in [5, 5.41) is 14.8. The summed E-state index contributed by atoms with van der Waals surface area (Å²) in [6.45, 7) is 3.24. The molecule has 6 heteroatoms. The molecule has 0 aliphatic carbocycles. The number of rotatable bonds is 7. The lowest BCUT2D eigenvalue weighted by molar-refractivity contribution is -0.142. The quantitative estimate of drug-likeness (QED) is 0.623. The number of carboxylic acids is 1. The summed E-state index contributed by atoms with van der Waals surface area (Å²) in [5.74, 6) is -0.700. The van der Waals surface area contributed by atoms with Gasteiger partial charge >= 0.3 is 5.97 Å². The van der Waals surface area contributed by atoms with E-state index >= 15 is 0 Å². The lowest BCUT2D eigenvalue weighted by Gasteiger charge is -2.29. The topological polar surface area (TPSA) is 87.7 Å². The first-order valence-corrected chi connectivity index (χ1v) is 6.84. The first-order valence-electron chi connectivity index (χ1n) is 6.84. The van der Waals surface area contributed by atoms with Crippen LogP contribution in [0.5, 0.6) is 0 Å². The van der Waals surface area contributed by atoms with Gasteiger partial charge in [-0.25, -0.2) is 4.79 Å². The highest BCUT2D eigenvalue weighted by Gasteiger charge is 2.28. The van der Waals surface area contributed by atoms with Crippen LogP contribution < -0.4 is 10.6 Å². The lowest BCUT2D eigenvalue weighted by atomic mass is 9.90. The van der Waals surface area contributed by atoms with E-state index in [2.05, 4.69) is 17.6 Å². The Kier molecular flexibility index (Phi) is 6.80. The van der Waals surface area contributed by atoms with Gasteiger partial charge in [0.25, 0.3) is 0 Å². The Morgan fingerprint density at radius 2 is 2.26 bits per heavy atom. The summed E-state index contributed by atoms with van der Waals surface area (Å²) < 4.78 is 4.85. The third-order valence-electron chi connectivity index (χ3n) is 3.63. The monoisotopic (exact) mass is 272 g/mol. The van der Waals surface area contributed by atoms with Gasteiger partial charge in [0, 0.05) is 20.1 Å². The number of ether oxygens (including phenoxy) is 1. The van der Waals surface area contributed by atoms with E-state index in [1.807, 2.05) is 0 Å². The standard InChI is InChI=1S/C13H24N2O4/c1-3-9-4-6-14-11(8-9)12(16)15-10(13(17)18)5-7-19-2/h9-11,14H,3-8H2,1-2H3,(H,15,16)(H,17,18). The van der Waals surface area contributed by atoms with Crippen LogP contribution in [0.2, 0.25) is 0 Å². The molecule has 1 aliphatic heterocycles. The van der Waals surface area contributed by atoms with E-state index in [0.717, 1.165) is 25.8 Å². The van der Waals surface area contributed by atoms with Gasteiger partial charge in [0.05, 0.1) is 6.04 Å². The molecule has 3 atom stereocenters. The second-order valence-electron chi connectivity index (χ2n) is 4.99. The van der Waals surface area contributed by atoms with Crippen molar-refractivity contribution in [3.63, 3.8) is 0 Å². The molecule has 3 N–H and O–H groups in total. The molecule has 1 heterocycles. The van der Waals surface area contributed by atoms with Gasteiger partial charge in [-0.3, -0.25) is 4.79 Å². The van der Waals surface area contributed by atoms with Crippen LogP contribution in [0.1, 0.15) is 32.6 Å². The van der Waals surface area contributed by atoms with E-state index in [0.29, 0.717) is 12.5 Å². The molecule has 1 saturated heterocycles. The number of aliphatic carboxylic acids is 1. The molecule has 19 heavy (non-hydrogen) atoms. The fraction of sp³-hybridized carbons (Fsp3) is 0.846. The van der Waals surface area contributed by atoms with Crippen LogP contribution in [0.3, 0.4) is 0 Å². The lowest BCUT2D eigenvalue weighted by Crippen LogP contribution is -2.53. The second-order valence-corrected chi connectivity index (χ2v) is 4.99. The van der Waals surface area contributed by atoms with Crippen LogP contribution in [0.15, 0.2) is 0 Å². The smallest absolute Gasteiger partial charge is 0.326 e. The van der Waals surface area contributed by atoms with Crippen molar-refractivity contribution in [2.45, 2.75) is 44.7 Å². The van der Waals surface area contributed by atoms with Gasteiger partial charge in [0.15, 0.2) is 0 Å². The number of piperidine rings is 1. The summed E-state index contributed by atoms with van der Waals surface area (Å²) in [5.41, 5.74) is 0. The molecule has 0 aromatic heterocycles. The molecule has 1 rings (SSSR count). The molecular weight excluding hydrogens is 248 g/mol. The summed E-state index contributed by atoms with van der Waals surface area (Å²) >= 11 is 0. The number of amides is 1. The summed E-state index contributed by atoms with van der Waals surface area (Å²) in [6.07, 6.45) is 3.18. The van der Waals surface area contributed by atoms with Crippen LogP contribution >= 0.6 is 0 Å². The zero-order valence-corrected chi connectivity index (χ0v) is 11.6. The third kappa shape index (κ3) is 5.16. The zero-order chi connectivity index (χ0) is 14.3. The fourth-order valence-corrected chi connectivity index (χ4v) is 2.33. The van der Waals surface area contributed by atoms with Crippen molar-refractivity contribution in [1.29, 1.82) is 0 Å². The van der Waals surface area contributed by atoms with Crippen LogP contribution in [-0.4, -0.2) is 49.3 Å². The minimum absolute atomic E-state index is 0.221. The van der Waals surface area contributed by atoms with Gasteiger partial charge < -0.3 is 20.5 Å². The third-order valence-corrected chi connectivity index (χ3v) is 3.63. The molecule has 3 unspecified atom stereocenters. The van der Waals surface area contributed by atoms with Crippen molar-refractivity contribution in [2.75, 3.05) is 20.3 Å². The number of methoxy groups -OCH3 is 1. The minimum atomic E-state index is -1.02. The first-order chi connectivity index (χ1) is 9.08. The maximum atomic E-state index is 12.1. The molecule has 0 saturated carbocycles. The first kappa shape index (κ1) is 15.9. The number of carbonyl (C=O) groups is 2. The van der Waals surface area contributed by atoms with E-state index in [-0.39, 0.29) is 18.4 Å².